The molecule has 0 radical (unpaired) electrons. The highest BCUT2D eigenvalue weighted by Gasteiger charge is 2.13. The minimum Gasteiger partial charge on any atom is -0.399 e. The second-order valence-corrected chi connectivity index (χ2v) is 9.15. The van der Waals surface area contributed by atoms with Gasteiger partial charge in [0.25, 0.3) is 0 Å². The Morgan fingerprint density at radius 3 is 2.68 bits per heavy atom. The third-order valence-electron chi connectivity index (χ3n) is 6.27. The molecule has 34 heavy (non-hydrogen) atoms. The van der Waals surface area contributed by atoms with Crippen LogP contribution in [0.2, 0.25) is 5.02 Å². The van der Waals surface area contributed by atoms with Crippen molar-refractivity contribution in [2.24, 2.45) is 0 Å². The van der Waals surface area contributed by atoms with Gasteiger partial charge in [-0.25, -0.2) is 0 Å². The number of fused-ring (bicyclic) bond motifs is 2. The molecule has 2 aromatic carbocycles. The van der Waals surface area contributed by atoms with Crippen molar-refractivity contribution < 1.29 is 0 Å². The van der Waals surface area contributed by atoms with E-state index in [-0.39, 0.29) is 0 Å². The number of halogens is 1. The van der Waals surface area contributed by atoms with E-state index in [0.717, 1.165) is 38.8 Å². The summed E-state index contributed by atoms with van der Waals surface area (Å²) < 4.78 is 2.23. The summed E-state index contributed by atoms with van der Waals surface area (Å²) in [6, 6.07) is 14.3. The molecule has 0 saturated carbocycles. The Morgan fingerprint density at radius 1 is 1.09 bits per heavy atom. The number of pyridine rings is 2. The highest BCUT2D eigenvalue weighted by molar-refractivity contribution is 6.31. The van der Waals surface area contributed by atoms with Crippen molar-refractivity contribution in [2.75, 3.05) is 5.73 Å². The summed E-state index contributed by atoms with van der Waals surface area (Å²) in [4.78, 5) is 8.76. The maximum atomic E-state index is 6.15. The lowest BCUT2D eigenvalue weighted by atomic mass is 10.0. The molecular weight excluding hydrogens is 442 g/mol. The van der Waals surface area contributed by atoms with Crippen LogP contribution in [0.4, 0.5) is 5.69 Å². The summed E-state index contributed by atoms with van der Waals surface area (Å²) in [6.45, 7) is 9.91. The molecule has 0 fully saturated rings. The fourth-order valence-electron chi connectivity index (χ4n) is 4.56. The van der Waals surface area contributed by atoms with Crippen LogP contribution < -0.4 is 11.1 Å². The van der Waals surface area contributed by atoms with Crippen molar-refractivity contribution in [3.05, 3.63) is 107 Å². The lowest BCUT2D eigenvalue weighted by molar-refractivity contribution is 0.832. The highest BCUT2D eigenvalue weighted by atomic mass is 35.5. The molecule has 0 aliphatic carbocycles. The predicted molar refractivity (Wildman–Crippen MR) is 142 cm³/mol. The first-order valence-corrected chi connectivity index (χ1v) is 11.5. The fraction of sp³-hybridized carbons (Fsp3) is 0.143. The molecule has 5 aromatic rings. The van der Waals surface area contributed by atoms with E-state index < -0.39 is 0 Å². The van der Waals surface area contributed by atoms with E-state index in [9.17, 15) is 0 Å². The topological polar surface area (TPSA) is 68.8 Å². The van der Waals surface area contributed by atoms with Gasteiger partial charge in [0.1, 0.15) is 0 Å². The fourth-order valence-corrected chi connectivity index (χ4v) is 4.72. The van der Waals surface area contributed by atoms with Gasteiger partial charge in [0.05, 0.1) is 16.1 Å². The zero-order valence-electron chi connectivity index (χ0n) is 19.3. The maximum Gasteiger partial charge on any atom is 0.0703 e. The van der Waals surface area contributed by atoms with Gasteiger partial charge in [-0.2, -0.15) is 0 Å². The maximum absolute atomic E-state index is 6.15. The number of nitrogen functional groups attached to an aromatic ring is 1. The monoisotopic (exact) mass is 467 g/mol. The molecule has 5 rings (SSSR count). The first-order valence-electron chi connectivity index (χ1n) is 11.1. The average molecular weight is 468 g/mol. The van der Waals surface area contributed by atoms with E-state index in [2.05, 4.69) is 58.6 Å². The Morgan fingerprint density at radius 2 is 1.88 bits per heavy atom. The molecule has 170 valence electrons. The number of aromatic nitrogens is 3. The summed E-state index contributed by atoms with van der Waals surface area (Å²) in [5.41, 5.74) is 15.5. The van der Waals surface area contributed by atoms with Crippen LogP contribution in [0.5, 0.6) is 0 Å². The van der Waals surface area contributed by atoms with Gasteiger partial charge in [-0.1, -0.05) is 24.2 Å². The van der Waals surface area contributed by atoms with E-state index in [1.165, 1.54) is 22.3 Å². The number of hydrogen-bond donors (Lipinski definition) is 2. The molecule has 0 aliphatic rings. The second kappa shape index (κ2) is 8.84. The number of nitrogens with zero attached hydrogens (tertiary/aromatic N) is 3. The van der Waals surface area contributed by atoms with Gasteiger partial charge in [0, 0.05) is 65.6 Å². The normalized spacial score (nSPS) is 11.3. The number of rotatable bonds is 6. The van der Waals surface area contributed by atoms with E-state index in [4.69, 9.17) is 17.3 Å². The number of anilines is 1. The summed E-state index contributed by atoms with van der Waals surface area (Å²) >= 11 is 6.15. The molecular formula is C28H26ClN5. The van der Waals surface area contributed by atoms with Crippen LogP contribution in [-0.2, 0) is 13.1 Å². The van der Waals surface area contributed by atoms with Crippen molar-refractivity contribution in [2.45, 2.75) is 26.9 Å². The summed E-state index contributed by atoms with van der Waals surface area (Å²) in [5, 5.41) is 6.25. The van der Waals surface area contributed by atoms with Gasteiger partial charge in [-0.3, -0.25) is 9.97 Å². The molecule has 0 unspecified atom stereocenters. The quantitative estimate of drug-likeness (QED) is 0.290. The zero-order valence-corrected chi connectivity index (χ0v) is 20.0. The number of benzene rings is 2. The van der Waals surface area contributed by atoms with E-state index in [0.29, 0.717) is 18.1 Å². The van der Waals surface area contributed by atoms with E-state index in [1.807, 2.05) is 42.7 Å². The van der Waals surface area contributed by atoms with E-state index >= 15 is 0 Å². The number of hydrogen-bond acceptors (Lipinski definition) is 4. The SMILES string of the molecule is C=C(NCc1c(C)cc(N)cc1C)c1cn(Cc2ccc3ncc(Cl)cc3c2)c2ccncc12. The first kappa shape index (κ1) is 22.0. The van der Waals surface area contributed by atoms with Crippen LogP contribution in [0.3, 0.4) is 0 Å². The van der Waals surface area contributed by atoms with Crippen LogP contribution >= 0.6 is 11.6 Å². The molecule has 0 bridgehead atoms. The average Bonchev–Trinajstić information content (AvgIpc) is 3.16. The molecule has 0 amide bonds. The first-order chi connectivity index (χ1) is 16.4. The third kappa shape index (κ3) is 4.22. The molecule has 3 N–H and O–H groups in total. The summed E-state index contributed by atoms with van der Waals surface area (Å²) in [5.74, 6) is 0. The number of aryl methyl sites for hydroxylation is 2. The molecule has 0 saturated heterocycles. The van der Waals surface area contributed by atoms with Crippen molar-refractivity contribution in [1.82, 2.24) is 19.9 Å². The van der Waals surface area contributed by atoms with Crippen LogP contribution in [-0.4, -0.2) is 14.5 Å². The predicted octanol–water partition coefficient (Wildman–Crippen LogP) is 6.25. The summed E-state index contributed by atoms with van der Waals surface area (Å²) in [6.07, 6.45) is 7.54. The van der Waals surface area contributed by atoms with Crippen molar-refractivity contribution in [3.8, 4) is 0 Å². The van der Waals surface area contributed by atoms with Crippen LogP contribution in [0.25, 0.3) is 27.5 Å². The van der Waals surface area contributed by atoms with Crippen molar-refractivity contribution in [1.29, 1.82) is 0 Å². The molecule has 6 heteroatoms. The molecule has 0 spiro atoms. The Balaban J connectivity index is 1.44. The highest BCUT2D eigenvalue weighted by Crippen LogP contribution is 2.27. The Kier molecular flexibility index (Phi) is 5.72. The van der Waals surface area contributed by atoms with Crippen molar-refractivity contribution in [3.63, 3.8) is 0 Å². The zero-order chi connectivity index (χ0) is 23.8. The van der Waals surface area contributed by atoms with Gasteiger partial charge >= 0.3 is 0 Å². The minimum atomic E-state index is 0.637. The molecule has 5 nitrogen and oxygen atoms in total. The van der Waals surface area contributed by atoms with E-state index in [1.54, 1.807) is 6.20 Å². The Hall–Kier alpha value is -3.83. The van der Waals surface area contributed by atoms with Gasteiger partial charge in [0.15, 0.2) is 0 Å². The summed E-state index contributed by atoms with van der Waals surface area (Å²) in [7, 11) is 0. The van der Waals surface area contributed by atoms with Crippen LogP contribution in [0, 0.1) is 13.8 Å². The molecule has 0 aliphatic heterocycles. The Bertz CT molecular complexity index is 1530. The van der Waals surface area contributed by atoms with Gasteiger partial charge in [-0.05, 0) is 72.5 Å². The smallest absolute Gasteiger partial charge is 0.0703 e. The lowest BCUT2D eigenvalue weighted by Crippen LogP contribution is -2.13. The third-order valence-corrected chi connectivity index (χ3v) is 6.48. The molecule has 3 heterocycles. The number of nitrogens with two attached hydrogens (primary N) is 1. The molecule has 0 atom stereocenters. The van der Waals surface area contributed by atoms with Crippen LogP contribution in [0.1, 0.15) is 27.8 Å². The van der Waals surface area contributed by atoms with Gasteiger partial charge in [0.2, 0.25) is 0 Å². The lowest BCUT2D eigenvalue weighted by Gasteiger charge is -2.14. The van der Waals surface area contributed by atoms with Crippen molar-refractivity contribution >= 4 is 44.8 Å². The second-order valence-electron chi connectivity index (χ2n) is 8.71. The minimum absolute atomic E-state index is 0.637. The van der Waals surface area contributed by atoms with Gasteiger partial charge in [-0.15, -0.1) is 0 Å². The number of nitrogens with one attached hydrogen (secondary N) is 1. The van der Waals surface area contributed by atoms with Crippen LogP contribution in [0.15, 0.2) is 73.8 Å². The van der Waals surface area contributed by atoms with Gasteiger partial charge < -0.3 is 15.6 Å². The Labute approximate surface area is 203 Å². The molecule has 3 aromatic heterocycles. The standard InChI is InChI=1S/C28H26ClN5/c1-17-8-23(30)9-18(2)24(17)14-32-19(3)26-16-34(28-6-7-31-13-25(26)28)15-20-4-5-27-21(10-20)11-22(29)12-33-27/h4-13,16,32H,3,14-15,30H2,1-2H3. The largest absolute Gasteiger partial charge is 0.399 e.